The number of para-hydroxylation sites is 1. The molecule has 4 rings (SSSR count). The van der Waals surface area contributed by atoms with Crippen molar-refractivity contribution in [1.82, 2.24) is 25.0 Å². The summed E-state index contributed by atoms with van der Waals surface area (Å²) in [5.74, 6) is 3.08. The number of ether oxygens (including phenoxy) is 1. The fourth-order valence-corrected chi connectivity index (χ4v) is 3.59. The van der Waals surface area contributed by atoms with Gasteiger partial charge in [-0.2, -0.15) is 0 Å². The Morgan fingerprint density at radius 1 is 1.04 bits per heavy atom. The number of rotatable bonds is 6. The maximum Gasteiger partial charge on any atom is 0.247 e. The van der Waals surface area contributed by atoms with Gasteiger partial charge >= 0.3 is 0 Å². The first-order valence-electron chi connectivity index (χ1n) is 8.70. The average molecular weight is 393 g/mol. The largest absolute Gasteiger partial charge is 0.496 e. The van der Waals surface area contributed by atoms with E-state index < -0.39 is 0 Å². The van der Waals surface area contributed by atoms with E-state index in [1.165, 1.54) is 11.8 Å². The number of thioether (sulfide) groups is 1. The number of hydrogen-bond acceptors (Lipinski definition) is 7. The Hall–Kier alpha value is -3.13. The Balaban J connectivity index is 1.50. The van der Waals surface area contributed by atoms with E-state index in [9.17, 15) is 0 Å². The van der Waals surface area contributed by atoms with Gasteiger partial charge < -0.3 is 13.7 Å². The number of aromatic nitrogens is 5. The van der Waals surface area contributed by atoms with Crippen LogP contribution >= 0.6 is 11.8 Å². The van der Waals surface area contributed by atoms with E-state index in [-0.39, 0.29) is 0 Å². The summed E-state index contributed by atoms with van der Waals surface area (Å²) in [5.41, 5.74) is 2.96. The lowest BCUT2D eigenvalue weighted by molar-refractivity contribution is 0.416. The zero-order valence-corrected chi connectivity index (χ0v) is 16.6. The Kier molecular flexibility index (Phi) is 5.12. The number of methoxy groups -OCH3 is 1. The quantitative estimate of drug-likeness (QED) is 0.456. The molecule has 0 saturated heterocycles. The summed E-state index contributed by atoms with van der Waals surface area (Å²) in [6.07, 6.45) is 0. The molecule has 0 saturated carbocycles. The molecule has 0 aliphatic rings. The third kappa shape index (κ3) is 3.63. The summed E-state index contributed by atoms with van der Waals surface area (Å²) >= 11 is 1.49. The molecule has 0 radical (unpaired) electrons. The molecule has 0 bridgehead atoms. The topological polar surface area (TPSA) is 78.9 Å². The average Bonchev–Trinajstić information content (AvgIpc) is 3.33. The summed E-state index contributed by atoms with van der Waals surface area (Å²) in [5, 5.41) is 17.7. The summed E-state index contributed by atoms with van der Waals surface area (Å²) < 4.78 is 13.1. The van der Waals surface area contributed by atoms with Crippen LogP contribution in [0.4, 0.5) is 0 Å². The van der Waals surface area contributed by atoms with E-state index in [1.807, 2.05) is 67.1 Å². The smallest absolute Gasteiger partial charge is 0.247 e. The van der Waals surface area contributed by atoms with Gasteiger partial charge in [0.1, 0.15) is 5.75 Å². The van der Waals surface area contributed by atoms with Crippen LogP contribution in [0.25, 0.3) is 22.8 Å². The molecule has 2 aromatic carbocycles. The lowest BCUT2D eigenvalue weighted by Gasteiger charge is -2.07. The van der Waals surface area contributed by atoms with Crippen LogP contribution in [0.1, 0.15) is 11.5 Å². The minimum Gasteiger partial charge on any atom is -0.496 e. The van der Waals surface area contributed by atoms with Crippen molar-refractivity contribution in [2.24, 2.45) is 7.05 Å². The van der Waals surface area contributed by atoms with Gasteiger partial charge in [-0.3, -0.25) is 0 Å². The predicted octanol–water partition coefficient (Wildman–Crippen LogP) is 4.14. The fourth-order valence-electron chi connectivity index (χ4n) is 2.84. The molecular weight excluding hydrogens is 374 g/mol. The third-order valence-corrected chi connectivity index (χ3v) is 5.24. The number of benzene rings is 2. The van der Waals surface area contributed by atoms with Gasteiger partial charge in [-0.05, 0) is 31.2 Å². The van der Waals surface area contributed by atoms with Gasteiger partial charge in [0.05, 0.1) is 18.4 Å². The minimum atomic E-state index is 0.511. The fraction of sp³-hybridized carbons (Fsp3) is 0.200. The van der Waals surface area contributed by atoms with Crippen molar-refractivity contribution in [2.45, 2.75) is 17.8 Å². The van der Waals surface area contributed by atoms with Crippen LogP contribution in [0.15, 0.2) is 58.1 Å². The first-order valence-corrected chi connectivity index (χ1v) is 9.69. The highest BCUT2D eigenvalue weighted by molar-refractivity contribution is 7.98. The van der Waals surface area contributed by atoms with Crippen molar-refractivity contribution in [1.29, 1.82) is 0 Å². The minimum absolute atomic E-state index is 0.511. The first kappa shape index (κ1) is 18.2. The van der Waals surface area contributed by atoms with E-state index in [4.69, 9.17) is 9.15 Å². The number of nitrogens with zero attached hydrogens (tertiary/aromatic N) is 5. The van der Waals surface area contributed by atoms with Crippen molar-refractivity contribution < 1.29 is 9.15 Å². The Morgan fingerprint density at radius 3 is 2.71 bits per heavy atom. The monoisotopic (exact) mass is 393 g/mol. The van der Waals surface area contributed by atoms with Crippen molar-refractivity contribution in [3.8, 4) is 28.6 Å². The summed E-state index contributed by atoms with van der Waals surface area (Å²) in [4.78, 5) is 0. The molecule has 0 fully saturated rings. The van der Waals surface area contributed by atoms with Crippen LogP contribution < -0.4 is 4.74 Å². The second-order valence-corrected chi connectivity index (χ2v) is 7.17. The zero-order chi connectivity index (χ0) is 19.5. The van der Waals surface area contributed by atoms with Crippen LogP contribution in [0.5, 0.6) is 5.75 Å². The van der Waals surface area contributed by atoms with Crippen molar-refractivity contribution in [3.63, 3.8) is 0 Å². The molecule has 8 heteroatoms. The van der Waals surface area contributed by atoms with E-state index in [1.54, 1.807) is 7.11 Å². The molecule has 0 atom stereocenters. The highest BCUT2D eigenvalue weighted by Gasteiger charge is 2.16. The van der Waals surface area contributed by atoms with Crippen LogP contribution in [0.2, 0.25) is 0 Å². The van der Waals surface area contributed by atoms with Crippen molar-refractivity contribution >= 4 is 11.8 Å². The Labute approximate surface area is 166 Å². The van der Waals surface area contributed by atoms with Crippen LogP contribution in [-0.4, -0.2) is 32.1 Å². The van der Waals surface area contributed by atoms with E-state index in [0.29, 0.717) is 17.5 Å². The lowest BCUT2D eigenvalue weighted by Crippen LogP contribution is -1.97. The normalized spacial score (nSPS) is 11.0. The molecule has 0 aliphatic carbocycles. The van der Waals surface area contributed by atoms with Crippen molar-refractivity contribution in [2.75, 3.05) is 7.11 Å². The van der Waals surface area contributed by atoms with Crippen LogP contribution in [0, 0.1) is 6.92 Å². The highest BCUT2D eigenvalue weighted by Crippen LogP contribution is 2.31. The summed E-state index contributed by atoms with van der Waals surface area (Å²) in [6, 6.07) is 15.7. The van der Waals surface area contributed by atoms with Gasteiger partial charge in [-0.15, -0.1) is 20.4 Å². The van der Waals surface area contributed by atoms with Gasteiger partial charge in [-0.1, -0.05) is 41.6 Å². The van der Waals surface area contributed by atoms with Crippen LogP contribution in [0.3, 0.4) is 0 Å². The molecule has 142 valence electrons. The van der Waals surface area contributed by atoms with E-state index in [0.717, 1.165) is 33.4 Å². The molecule has 0 N–H and O–H groups in total. The molecule has 7 nitrogen and oxygen atoms in total. The van der Waals surface area contributed by atoms with Gasteiger partial charge in [0.15, 0.2) is 11.0 Å². The standard InChI is InChI=1S/C20H19N5O2S/c1-13-7-6-8-14(11-13)19-23-21-17(27-19)12-28-20-24-22-18(25(20)2)15-9-4-5-10-16(15)26-3/h4-11H,12H2,1-3H3. The molecule has 0 spiro atoms. The molecule has 4 aromatic rings. The van der Waals surface area contributed by atoms with Gasteiger partial charge in [0.25, 0.3) is 0 Å². The molecule has 2 aromatic heterocycles. The molecule has 2 heterocycles. The molecule has 0 unspecified atom stereocenters. The van der Waals surface area contributed by atoms with Crippen LogP contribution in [-0.2, 0) is 12.8 Å². The first-order chi connectivity index (χ1) is 13.7. The van der Waals surface area contributed by atoms with E-state index >= 15 is 0 Å². The summed E-state index contributed by atoms with van der Waals surface area (Å²) in [6.45, 7) is 2.03. The zero-order valence-electron chi connectivity index (χ0n) is 15.8. The van der Waals surface area contributed by atoms with Crippen molar-refractivity contribution in [3.05, 3.63) is 60.0 Å². The lowest BCUT2D eigenvalue weighted by atomic mass is 10.1. The number of aryl methyl sites for hydroxylation is 1. The molecule has 0 amide bonds. The molecular formula is C20H19N5O2S. The summed E-state index contributed by atoms with van der Waals surface area (Å²) in [7, 11) is 3.57. The highest BCUT2D eigenvalue weighted by atomic mass is 32.2. The number of hydrogen-bond donors (Lipinski definition) is 0. The Bertz CT molecular complexity index is 1110. The Morgan fingerprint density at radius 2 is 1.89 bits per heavy atom. The molecule has 28 heavy (non-hydrogen) atoms. The second-order valence-electron chi connectivity index (χ2n) is 6.22. The maximum atomic E-state index is 5.79. The van der Waals surface area contributed by atoms with E-state index in [2.05, 4.69) is 20.4 Å². The SMILES string of the molecule is COc1ccccc1-c1nnc(SCc2nnc(-c3cccc(C)c3)o2)n1C. The van der Waals surface area contributed by atoms with Gasteiger partial charge in [0.2, 0.25) is 11.8 Å². The second kappa shape index (κ2) is 7.85. The maximum absolute atomic E-state index is 5.79. The van der Waals surface area contributed by atoms with Gasteiger partial charge in [0, 0.05) is 12.6 Å². The predicted molar refractivity (Wildman–Crippen MR) is 107 cm³/mol. The van der Waals surface area contributed by atoms with Gasteiger partial charge in [-0.25, -0.2) is 0 Å². The molecule has 0 aliphatic heterocycles. The third-order valence-electron chi connectivity index (χ3n) is 4.24.